The Labute approximate surface area is 122 Å². The minimum Gasteiger partial charge on any atom is -0.504 e. The van der Waals surface area contributed by atoms with E-state index in [9.17, 15) is 9.90 Å². The molecule has 4 N–H and O–H groups in total. The van der Waals surface area contributed by atoms with Gasteiger partial charge in [0.15, 0.2) is 11.4 Å². The fourth-order valence-electron chi connectivity index (χ4n) is 2.34. The monoisotopic (exact) mass is 286 g/mol. The number of rotatable bonds is 5. The highest BCUT2D eigenvalue weighted by Crippen LogP contribution is 2.32. The lowest BCUT2D eigenvalue weighted by Crippen LogP contribution is -2.41. The van der Waals surface area contributed by atoms with Crippen molar-refractivity contribution < 1.29 is 9.90 Å². The molecule has 3 rings (SSSR count). The van der Waals surface area contributed by atoms with Crippen LogP contribution in [-0.2, 0) is 0 Å². The molecule has 1 aliphatic carbocycles. The van der Waals surface area contributed by atoms with E-state index in [-0.39, 0.29) is 23.4 Å². The van der Waals surface area contributed by atoms with E-state index >= 15 is 0 Å². The molecule has 1 aromatic heterocycles. The maximum absolute atomic E-state index is 12.2. The maximum atomic E-state index is 12.2. The molecule has 1 aromatic carbocycles. The summed E-state index contributed by atoms with van der Waals surface area (Å²) in [5, 5.41) is 16.9. The Balaban J connectivity index is 1.79. The Kier molecular flexibility index (Phi) is 3.62. The van der Waals surface area contributed by atoms with E-state index in [4.69, 9.17) is 5.73 Å². The van der Waals surface area contributed by atoms with E-state index in [1.165, 1.54) is 10.9 Å². The van der Waals surface area contributed by atoms with Crippen molar-refractivity contribution in [1.82, 2.24) is 15.1 Å². The predicted molar refractivity (Wildman–Crippen MR) is 78.3 cm³/mol. The number of hydrogen-bond acceptors (Lipinski definition) is 4. The molecule has 110 valence electrons. The minimum atomic E-state index is -0.385. The summed E-state index contributed by atoms with van der Waals surface area (Å²) in [6.45, 7) is 0.399. The number of nitrogens with two attached hydrogens (primary N) is 1. The summed E-state index contributed by atoms with van der Waals surface area (Å²) in [5.74, 6) is -0.0650. The van der Waals surface area contributed by atoms with Gasteiger partial charge >= 0.3 is 0 Å². The molecule has 0 saturated heterocycles. The lowest BCUT2D eigenvalue weighted by Gasteiger charge is -2.14. The molecule has 1 atom stereocenters. The van der Waals surface area contributed by atoms with Crippen molar-refractivity contribution in [2.24, 2.45) is 11.7 Å². The highest BCUT2D eigenvalue weighted by molar-refractivity contribution is 5.95. The molecule has 1 heterocycles. The number of nitrogens with zero attached hydrogens (tertiary/aromatic N) is 2. The zero-order valence-electron chi connectivity index (χ0n) is 11.6. The molecular formula is C15H18N4O2. The standard InChI is InChI=1S/C15H18N4O2/c16-8-12(10-6-7-10)17-15(21)14-13(20)9-19(18-14)11-4-2-1-3-5-11/h1-5,9-10,12,20H,6-8,16H2,(H,17,21). The minimum absolute atomic E-state index is 0.0259. The van der Waals surface area contributed by atoms with Gasteiger partial charge in [0.2, 0.25) is 0 Å². The molecule has 0 aliphatic heterocycles. The van der Waals surface area contributed by atoms with Gasteiger partial charge < -0.3 is 16.2 Å². The number of carbonyl (C=O) groups is 1. The number of para-hydroxylation sites is 1. The van der Waals surface area contributed by atoms with Crippen molar-refractivity contribution in [1.29, 1.82) is 0 Å². The van der Waals surface area contributed by atoms with Crippen molar-refractivity contribution in [3.8, 4) is 11.4 Å². The van der Waals surface area contributed by atoms with Crippen LogP contribution in [0.3, 0.4) is 0 Å². The van der Waals surface area contributed by atoms with Gasteiger partial charge in [-0.15, -0.1) is 0 Å². The Morgan fingerprint density at radius 1 is 1.43 bits per heavy atom. The zero-order chi connectivity index (χ0) is 14.8. The maximum Gasteiger partial charge on any atom is 0.275 e. The Morgan fingerprint density at radius 2 is 2.14 bits per heavy atom. The molecule has 0 spiro atoms. The molecular weight excluding hydrogens is 268 g/mol. The molecule has 6 nitrogen and oxygen atoms in total. The fraction of sp³-hybridized carbons (Fsp3) is 0.333. The molecule has 1 saturated carbocycles. The molecule has 6 heteroatoms. The van der Waals surface area contributed by atoms with Gasteiger partial charge in [0, 0.05) is 12.6 Å². The second-order valence-electron chi connectivity index (χ2n) is 5.30. The highest BCUT2D eigenvalue weighted by atomic mass is 16.3. The van der Waals surface area contributed by atoms with Gasteiger partial charge in [-0.1, -0.05) is 18.2 Å². The van der Waals surface area contributed by atoms with E-state index in [2.05, 4.69) is 10.4 Å². The molecule has 1 amide bonds. The van der Waals surface area contributed by atoms with Crippen molar-refractivity contribution >= 4 is 5.91 Å². The van der Waals surface area contributed by atoms with Crippen LogP contribution in [0.15, 0.2) is 36.5 Å². The molecule has 0 radical (unpaired) electrons. The lowest BCUT2D eigenvalue weighted by atomic mass is 10.2. The largest absolute Gasteiger partial charge is 0.504 e. The van der Waals surface area contributed by atoms with Gasteiger partial charge in [0.1, 0.15) is 0 Å². The average Bonchev–Trinajstić information content (AvgIpc) is 3.27. The molecule has 0 bridgehead atoms. The normalized spacial score (nSPS) is 15.7. The van der Waals surface area contributed by atoms with Crippen LogP contribution < -0.4 is 11.1 Å². The summed E-state index contributed by atoms with van der Waals surface area (Å²) in [7, 11) is 0. The Bertz CT molecular complexity index is 634. The van der Waals surface area contributed by atoms with Crippen molar-refractivity contribution in [3.05, 3.63) is 42.2 Å². The number of aromatic hydroxyl groups is 1. The van der Waals surface area contributed by atoms with E-state index in [1.807, 2.05) is 30.3 Å². The first-order chi connectivity index (χ1) is 10.2. The Morgan fingerprint density at radius 3 is 2.76 bits per heavy atom. The van der Waals surface area contributed by atoms with Crippen molar-refractivity contribution in [3.63, 3.8) is 0 Å². The topological polar surface area (TPSA) is 93.2 Å². The third-order valence-electron chi connectivity index (χ3n) is 3.69. The first-order valence-electron chi connectivity index (χ1n) is 7.04. The van der Waals surface area contributed by atoms with Crippen LogP contribution in [0, 0.1) is 5.92 Å². The second-order valence-corrected chi connectivity index (χ2v) is 5.30. The molecule has 1 aliphatic rings. The number of nitrogens with one attached hydrogen (secondary N) is 1. The van der Waals surface area contributed by atoms with E-state index in [1.54, 1.807) is 0 Å². The summed E-state index contributed by atoms with van der Waals surface area (Å²) in [6.07, 6.45) is 3.61. The van der Waals surface area contributed by atoms with Crippen molar-refractivity contribution in [2.75, 3.05) is 6.54 Å². The quantitative estimate of drug-likeness (QED) is 0.765. The lowest BCUT2D eigenvalue weighted by molar-refractivity contribution is 0.0925. The summed E-state index contributed by atoms with van der Waals surface area (Å²) >= 11 is 0. The SMILES string of the molecule is NCC(NC(=O)c1nn(-c2ccccc2)cc1O)C1CC1. The summed E-state index contributed by atoms with van der Waals surface area (Å²) in [4.78, 5) is 12.2. The van der Waals surface area contributed by atoms with Gasteiger partial charge in [-0.3, -0.25) is 4.79 Å². The number of hydrogen-bond donors (Lipinski definition) is 3. The molecule has 21 heavy (non-hydrogen) atoms. The van der Waals surface area contributed by atoms with Gasteiger partial charge in [-0.25, -0.2) is 4.68 Å². The highest BCUT2D eigenvalue weighted by Gasteiger charge is 2.32. The van der Waals surface area contributed by atoms with Crippen molar-refractivity contribution in [2.45, 2.75) is 18.9 Å². The average molecular weight is 286 g/mol. The molecule has 1 fully saturated rings. The summed E-state index contributed by atoms with van der Waals surface area (Å²) < 4.78 is 1.48. The first-order valence-corrected chi connectivity index (χ1v) is 7.04. The number of benzene rings is 1. The van der Waals surface area contributed by atoms with Crippen LogP contribution in [0.1, 0.15) is 23.3 Å². The smallest absolute Gasteiger partial charge is 0.275 e. The van der Waals surface area contributed by atoms with Crippen LogP contribution in [0.5, 0.6) is 5.75 Å². The van der Waals surface area contributed by atoms with E-state index in [0.717, 1.165) is 18.5 Å². The third-order valence-corrected chi connectivity index (χ3v) is 3.69. The van der Waals surface area contributed by atoms with Crippen LogP contribution in [0.25, 0.3) is 5.69 Å². The first kappa shape index (κ1) is 13.6. The Hall–Kier alpha value is -2.34. The molecule has 2 aromatic rings. The number of amides is 1. The molecule has 1 unspecified atom stereocenters. The predicted octanol–water partition coefficient (Wildman–Crippen LogP) is 1.04. The zero-order valence-corrected chi connectivity index (χ0v) is 11.6. The van der Waals surface area contributed by atoms with Crippen LogP contribution in [0.4, 0.5) is 0 Å². The number of carbonyl (C=O) groups excluding carboxylic acids is 1. The van der Waals surface area contributed by atoms with E-state index in [0.29, 0.717) is 12.5 Å². The third kappa shape index (κ3) is 2.90. The van der Waals surface area contributed by atoms with Gasteiger partial charge in [-0.05, 0) is 30.9 Å². The van der Waals surface area contributed by atoms with Gasteiger partial charge in [-0.2, -0.15) is 5.10 Å². The van der Waals surface area contributed by atoms with Crippen LogP contribution >= 0.6 is 0 Å². The van der Waals surface area contributed by atoms with Crippen LogP contribution in [0.2, 0.25) is 0 Å². The number of aromatic nitrogens is 2. The van der Waals surface area contributed by atoms with Crippen LogP contribution in [-0.4, -0.2) is 33.4 Å². The van der Waals surface area contributed by atoms with Gasteiger partial charge in [0.05, 0.1) is 11.9 Å². The summed E-state index contributed by atoms with van der Waals surface area (Å²) in [6, 6.07) is 9.28. The van der Waals surface area contributed by atoms with E-state index < -0.39 is 0 Å². The summed E-state index contributed by atoms with van der Waals surface area (Å²) in [5.41, 5.74) is 6.48. The van der Waals surface area contributed by atoms with Gasteiger partial charge in [0.25, 0.3) is 5.91 Å². The second kappa shape index (κ2) is 5.57. The fourth-order valence-corrected chi connectivity index (χ4v) is 2.34.